The molecular weight excluding hydrogens is 402 g/mol. The van der Waals surface area contributed by atoms with Crippen molar-refractivity contribution < 1.29 is 9.53 Å². The van der Waals surface area contributed by atoms with E-state index in [1.165, 1.54) is 37.6 Å². The summed E-state index contributed by atoms with van der Waals surface area (Å²) in [6.45, 7) is 2.54. The van der Waals surface area contributed by atoms with Gasteiger partial charge >= 0.3 is 6.09 Å². The molecule has 0 saturated carbocycles. The van der Waals surface area contributed by atoms with Gasteiger partial charge in [0.15, 0.2) is 0 Å². The Bertz CT molecular complexity index is 1150. The molecule has 3 nitrogen and oxygen atoms in total. The van der Waals surface area contributed by atoms with E-state index in [2.05, 4.69) is 73.7 Å². The van der Waals surface area contributed by atoms with Crippen LogP contribution < -0.4 is 0 Å². The van der Waals surface area contributed by atoms with Gasteiger partial charge in [0.25, 0.3) is 0 Å². The maximum Gasteiger partial charge on any atom is 0.410 e. The lowest BCUT2D eigenvalue weighted by Gasteiger charge is -2.33. The van der Waals surface area contributed by atoms with E-state index in [0.717, 1.165) is 19.3 Å². The molecule has 0 radical (unpaired) electrons. The molecule has 1 fully saturated rings. The number of ether oxygens (including phenoxy) is 1. The second kappa shape index (κ2) is 7.38. The van der Waals surface area contributed by atoms with Crippen molar-refractivity contribution in [1.82, 2.24) is 4.90 Å². The van der Waals surface area contributed by atoms with E-state index >= 15 is 0 Å². The average Bonchev–Trinajstić information content (AvgIpc) is 3.44. The van der Waals surface area contributed by atoms with Crippen LogP contribution in [0.25, 0.3) is 16.7 Å². The van der Waals surface area contributed by atoms with Crippen LogP contribution in [-0.2, 0) is 4.74 Å². The van der Waals surface area contributed by atoms with Crippen LogP contribution in [0.3, 0.4) is 0 Å². The van der Waals surface area contributed by atoms with E-state index in [9.17, 15) is 4.79 Å². The molecule has 3 aromatic rings. The second-order valence-electron chi connectivity index (χ2n) is 8.82. The summed E-state index contributed by atoms with van der Waals surface area (Å²) in [5, 5.41) is 0. The normalized spacial score (nSPS) is 21.6. The number of fused-ring (bicyclic) bond motifs is 5. The third-order valence-corrected chi connectivity index (χ3v) is 8.08. The lowest BCUT2D eigenvalue weighted by atomic mass is 9.98. The number of rotatable bonds is 3. The van der Waals surface area contributed by atoms with Crippen LogP contribution in [0.2, 0.25) is 0 Å². The minimum absolute atomic E-state index is 0.110. The van der Waals surface area contributed by atoms with Gasteiger partial charge in [0.1, 0.15) is 6.61 Å². The number of benzene rings is 2. The maximum absolute atomic E-state index is 13.2. The van der Waals surface area contributed by atoms with E-state index in [-0.39, 0.29) is 24.1 Å². The first-order valence-corrected chi connectivity index (χ1v) is 11.9. The lowest BCUT2D eigenvalue weighted by Crippen LogP contribution is -2.43. The Morgan fingerprint density at radius 2 is 1.71 bits per heavy atom. The third kappa shape index (κ3) is 3.12. The highest BCUT2D eigenvalue weighted by molar-refractivity contribution is 7.13. The molecule has 0 N–H and O–H groups in total. The number of hydrogen-bond acceptors (Lipinski definition) is 3. The predicted octanol–water partition coefficient (Wildman–Crippen LogP) is 6.63. The molecule has 0 spiro atoms. The summed E-state index contributed by atoms with van der Waals surface area (Å²) in [7, 11) is 0. The summed E-state index contributed by atoms with van der Waals surface area (Å²) < 4.78 is 5.97. The second-order valence-corrected chi connectivity index (χ2v) is 10.1. The zero-order valence-electron chi connectivity index (χ0n) is 17.6. The number of hydrogen-bond donors (Lipinski definition) is 0. The van der Waals surface area contributed by atoms with E-state index in [1.807, 2.05) is 16.2 Å². The maximum atomic E-state index is 13.2. The molecule has 1 aromatic heterocycles. The van der Waals surface area contributed by atoms with Crippen molar-refractivity contribution in [2.75, 3.05) is 6.61 Å². The molecular formula is C27H25NO2S. The van der Waals surface area contributed by atoms with Gasteiger partial charge < -0.3 is 4.74 Å². The molecule has 1 aliphatic carbocycles. The first-order valence-electron chi connectivity index (χ1n) is 11.1. The van der Waals surface area contributed by atoms with Crippen LogP contribution in [0.1, 0.15) is 46.1 Å². The van der Waals surface area contributed by atoms with Gasteiger partial charge in [-0.05, 0) is 66.1 Å². The van der Waals surface area contributed by atoms with Gasteiger partial charge in [-0.15, -0.1) is 11.3 Å². The number of thiophene rings is 1. The average molecular weight is 428 g/mol. The molecule has 2 aliphatic heterocycles. The van der Waals surface area contributed by atoms with Gasteiger partial charge in [0.2, 0.25) is 0 Å². The minimum atomic E-state index is -0.160. The number of aryl methyl sites for hydroxylation is 1. The molecule has 2 atom stereocenters. The topological polar surface area (TPSA) is 29.5 Å². The highest BCUT2D eigenvalue weighted by Crippen LogP contribution is 2.45. The van der Waals surface area contributed by atoms with Crippen LogP contribution in [0, 0.1) is 6.92 Å². The van der Waals surface area contributed by atoms with Gasteiger partial charge in [0.05, 0.1) is 6.04 Å². The largest absolute Gasteiger partial charge is 0.448 e. The molecule has 3 heterocycles. The van der Waals surface area contributed by atoms with Crippen LogP contribution >= 0.6 is 11.3 Å². The summed E-state index contributed by atoms with van der Waals surface area (Å²) in [5.74, 6) is 0.110. The van der Waals surface area contributed by atoms with Crippen molar-refractivity contribution in [3.05, 3.63) is 87.6 Å². The van der Waals surface area contributed by atoms with Crippen LogP contribution in [0.5, 0.6) is 0 Å². The molecule has 4 heteroatoms. The Kier molecular flexibility index (Phi) is 4.50. The van der Waals surface area contributed by atoms with Gasteiger partial charge in [-0.3, -0.25) is 4.90 Å². The Balaban J connectivity index is 1.20. The quantitative estimate of drug-likeness (QED) is 0.470. The van der Waals surface area contributed by atoms with E-state index in [4.69, 9.17) is 4.74 Å². The Labute approximate surface area is 187 Å². The van der Waals surface area contributed by atoms with Crippen LogP contribution in [0.4, 0.5) is 4.79 Å². The van der Waals surface area contributed by atoms with Crippen molar-refractivity contribution in [2.45, 2.75) is 44.2 Å². The first-order chi connectivity index (χ1) is 15.2. The van der Waals surface area contributed by atoms with Crippen molar-refractivity contribution in [1.29, 1.82) is 0 Å². The monoisotopic (exact) mass is 427 g/mol. The zero-order valence-corrected chi connectivity index (χ0v) is 18.4. The molecule has 6 rings (SSSR count). The first kappa shape index (κ1) is 18.9. The van der Waals surface area contributed by atoms with Gasteiger partial charge in [-0.2, -0.15) is 0 Å². The van der Waals surface area contributed by atoms with Crippen molar-refractivity contribution in [2.24, 2.45) is 0 Å². The summed E-state index contributed by atoms with van der Waals surface area (Å²) in [6.07, 6.45) is 5.16. The van der Waals surface area contributed by atoms with Crippen LogP contribution in [-0.4, -0.2) is 29.7 Å². The minimum Gasteiger partial charge on any atom is -0.448 e. The standard InChI is InChI=1S/C27H25NO2S/c1-17-10-13-26(31-17)18-14-19-11-12-20(15-18)28(19)27(29)30-16-25-23-8-4-2-6-21(23)22-7-3-5-9-24(22)25/h2-10,13-14,19-20,25H,11-12,15-16H2,1H3. The molecule has 3 aliphatic rings. The fourth-order valence-corrected chi connectivity index (χ4v) is 6.47. The smallest absolute Gasteiger partial charge is 0.410 e. The molecule has 1 saturated heterocycles. The molecule has 2 bridgehead atoms. The predicted molar refractivity (Wildman–Crippen MR) is 125 cm³/mol. The van der Waals surface area contributed by atoms with E-state index in [0.29, 0.717) is 6.61 Å². The van der Waals surface area contributed by atoms with Gasteiger partial charge in [-0.1, -0.05) is 54.6 Å². The fourth-order valence-electron chi connectivity index (χ4n) is 5.57. The van der Waals surface area contributed by atoms with Gasteiger partial charge in [-0.25, -0.2) is 4.79 Å². The Hall–Kier alpha value is -2.85. The number of carbonyl (C=O) groups is 1. The lowest BCUT2D eigenvalue weighted by molar-refractivity contribution is 0.0867. The Morgan fingerprint density at radius 1 is 1.00 bits per heavy atom. The Morgan fingerprint density at radius 3 is 2.35 bits per heavy atom. The molecule has 2 unspecified atom stereocenters. The number of amides is 1. The van der Waals surface area contributed by atoms with Crippen molar-refractivity contribution in [3.8, 4) is 11.1 Å². The summed E-state index contributed by atoms with van der Waals surface area (Å²) >= 11 is 1.85. The SMILES string of the molecule is Cc1ccc(C2=CC3CCC(C2)N3C(=O)OCC2c3ccccc3-c3ccccc32)s1. The molecule has 1 amide bonds. The summed E-state index contributed by atoms with van der Waals surface area (Å²) in [6, 6.07) is 21.8. The van der Waals surface area contributed by atoms with Gasteiger partial charge in [0, 0.05) is 21.7 Å². The highest BCUT2D eigenvalue weighted by atomic mass is 32.1. The molecule has 2 aromatic carbocycles. The number of nitrogens with zero attached hydrogens (tertiary/aromatic N) is 1. The van der Waals surface area contributed by atoms with E-state index < -0.39 is 0 Å². The third-order valence-electron chi connectivity index (χ3n) is 7.00. The summed E-state index contributed by atoms with van der Waals surface area (Å²) in [5.41, 5.74) is 6.43. The molecule has 156 valence electrons. The summed E-state index contributed by atoms with van der Waals surface area (Å²) in [4.78, 5) is 17.8. The van der Waals surface area contributed by atoms with Crippen molar-refractivity contribution >= 4 is 23.0 Å². The van der Waals surface area contributed by atoms with Crippen LogP contribution in [0.15, 0.2) is 66.7 Å². The highest BCUT2D eigenvalue weighted by Gasteiger charge is 2.41. The molecule has 31 heavy (non-hydrogen) atoms. The van der Waals surface area contributed by atoms with E-state index in [1.54, 1.807) is 0 Å². The van der Waals surface area contributed by atoms with Crippen molar-refractivity contribution in [3.63, 3.8) is 0 Å². The zero-order chi connectivity index (χ0) is 20.9. The fraction of sp³-hybridized carbons (Fsp3) is 0.296. The number of carbonyl (C=O) groups excluding carboxylic acids is 1.